The van der Waals surface area contributed by atoms with Crippen molar-refractivity contribution in [3.63, 3.8) is 0 Å². The standard InChI is InChI=1S/C10H18N4O/c1-7(2)13-10(15)6-11-8(3)9-4-5-12-14-9/h4-5,7-8,11H,6H2,1-3H3,(H,12,14)(H,13,15). The highest BCUT2D eigenvalue weighted by atomic mass is 16.1. The Bertz CT molecular complexity index is 294. The third-order valence-corrected chi connectivity index (χ3v) is 2.01. The molecule has 1 rings (SSSR count). The van der Waals surface area contributed by atoms with Gasteiger partial charge in [0.2, 0.25) is 5.91 Å². The van der Waals surface area contributed by atoms with E-state index in [0.29, 0.717) is 6.54 Å². The van der Waals surface area contributed by atoms with Gasteiger partial charge in [-0.2, -0.15) is 5.10 Å². The first-order valence-corrected chi connectivity index (χ1v) is 5.11. The number of carbonyl (C=O) groups excluding carboxylic acids is 1. The number of nitrogens with one attached hydrogen (secondary N) is 3. The molecule has 0 saturated carbocycles. The SMILES string of the molecule is CC(C)NC(=O)CNC(C)c1ccn[nH]1. The number of aromatic amines is 1. The van der Waals surface area contributed by atoms with E-state index >= 15 is 0 Å². The van der Waals surface area contributed by atoms with Crippen LogP contribution in [0.4, 0.5) is 0 Å². The van der Waals surface area contributed by atoms with Crippen LogP contribution < -0.4 is 10.6 Å². The number of H-pyrrole nitrogens is 1. The number of hydrogen-bond donors (Lipinski definition) is 3. The Kier molecular flexibility index (Phi) is 4.30. The molecule has 5 heteroatoms. The van der Waals surface area contributed by atoms with E-state index in [9.17, 15) is 4.79 Å². The van der Waals surface area contributed by atoms with Crippen molar-refractivity contribution in [3.8, 4) is 0 Å². The average Bonchev–Trinajstić information content (AvgIpc) is 2.65. The molecule has 0 saturated heterocycles. The molecule has 0 bridgehead atoms. The Balaban J connectivity index is 2.28. The number of rotatable bonds is 5. The summed E-state index contributed by atoms with van der Waals surface area (Å²) in [6.45, 7) is 6.18. The molecule has 0 aromatic carbocycles. The van der Waals surface area contributed by atoms with Crippen LogP contribution in [0.3, 0.4) is 0 Å². The molecule has 1 atom stereocenters. The minimum absolute atomic E-state index is 0.0105. The van der Waals surface area contributed by atoms with Crippen LogP contribution in [0.2, 0.25) is 0 Å². The molecule has 0 fully saturated rings. The van der Waals surface area contributed by atoms with Crippen LogP contribution in [0.25, 0.3) is 0 Å². The Morgan fingerprint density at radius 1 is 1.53 bits per heavy atom. The van der Waals surface area contributed by atoms with E-state index in [0.717, 1.165) is 5.69 Å². The van der Waals surface area contributed by atoms with Crippen molar-refractivity contribution < 1.29 is 4.79 Å². The topological polar surface area (TPSA) is 69.8 Å². The van der Waals surface area contributed by atoms with E-state index < -0.39 is 0 Å². The Labute approximate surface area is 89.6 Å². The van der Waals surface area contributed by atoms with Crippen molar-refractivity contribution in [1.82, 2.24) is 20.8 Å². The predicted octanol–water partition coefficient (Wildman–Crippen LogP) is 0.585. The molecule has 0 radical (unpaired) electrons. The van der Waals surface area contributed by atoms with Crippen LogP contribution in [-0.4, -0.2) is 28.7 Å². The van der Waals surface area contributed by atoms with Gasteiger partial charge in [0.1, 0.15) is 0 Å². The smallest absolute Gasteiger partial charge is 0.234 e. The number of aromatic nitrogens is 2. The summed E-state index contributed by atoms with van der Waals surface area (Å²) in [5.74, 6) is 0.0105. The van der Waals surface area contributed by atoms with E-state index in [1.807, 2.05) is 26.8 Å². The van der Waals surface area contributed by atoms with Gasteiger partial charge in [0.05, 0.1) is 12.2 Å². The van der Waals surface area contributed by atoms with Crippen molar-refractivity contribution in [2.24, 2.45) is 0 Å². The van der Waals surface area contributed by atoms with Gasteiger partial charge in [-0.3, -0.25) is 9.89 Å². The first-order chi connectivity index (χ1) is 7.09. The Hall–Kier alpha value is -1.36. The molecule has 15 heavy (non-hydrogen) atoms. The molecule has 0 aliphatic heterocycles. The summed E-state index contributed by atoms with van der Waals surface area (Å²) < 4.78 is 0. The zero-order valence-corrected chi connectivity index (χ0v) is 9.37. The summed E-state index contributed by atoms with van der Waals surface area (Å²) in [6.07, 6.45) is 1.70. The van der Waals surface area contributed by atoms with Crippen LogP contribution in [0.15, 0.2) is 12.3 Å². The van der Waals surface area contributed by atoms with E-state index in [-0.39, 0.29) is 18.0 Å². The lowest BCUT2D eigenvalue weighted by molar-refractivity contribution is -0.120. The van der Waals surface area contributed by atoms with Crippen molar-refractivity contribution in [2.45, 2.75) is 32.9 Å². The summed E-state index contributed by atoms with van der Waals surface area (Å²) in [7, 11) is 0. The fraction of sp³-hybridized carbons (Fsp3) is 0.600. The number of amides is 1. The van der Waals surface area contributed by atoms with Gasteiger partial charge in [-0.05, 0) is 26.8 Å². The molecule has 0 spiro atoms. The summed E-state index contributed by atoms with van der Waals surface area (Å²) in [4.78, 5) is 11.3. The average molecular weight is 210 g/mol. The third kappa shape index (κ3) is 4.12. The predicted molar refractivity (Wildman–Crippen MR) is 58.3 cm³/mol. The number of carbonyl (C=O) groups is 1. The van der Waals surface area contributed by atoms with Gasteiger partial charge < -0.3 is 10.6 Å². The maximum atomic E-state index is 11.3. The molecule has 3 N–H and O–H groups in total. The minimum Gasteiger partial charge on any atom is -0.353 e. The number of nitrogens with zero attached hydrogens (tertiary/aromatic N) is 1. The van der Waals surface area contributed by atoms with E-state index in [1.165, 1.54) is 0 Å². The summed E-state index contributed by atoms with van der Waals surface area (Å²) in [6, 6.07) is 2.17. The highest BCUT2D eigenvalue weighted by molar-refractivity contribution is 5.78. The molecule has 1 heterocycles. The van der Waals surface area contributed by atoms with Gasteiger partial charge in [-0.1, -0.05) is 0 Å². The molecule has 0 aliphatic rings. The number of hydrogen-bond acceptors (Lipinski definition) is 3. The van der Waals surface area contributed by atoms with Crippen LogP contribution >= 0.6 is 0 Å². The van der Waals surface area contributed by atoms with Crippen molar-refractivity contribution in [1.29, 1.82) is 0 Å². The lowest BCUT2D eigenvalue weighted by atomic mass is 10.2. The van der Waals surface area contributed by atoms with E-state index in [4.69, 9.17) is 0 Å². The first-order valence-electron chi connectivity index (χ1n) is 5.11. The molecule has 84 valence electrons. The maximum Gasteiger partial charge on any atom is 0.234 e. The Morgan fingerprint density at radius 2 is 2.27 bits per heavy atom. The van der Waals surface area contributed by atoms with Gasteiger partial charge >= 0.3 is 0 Å². The molecule has 0 aliphatic carbocycles. The largest absolute Gasteiger partial charge is 0.353 e. The molecule has 5 nitrogen and oxygen atoms in total. The molecule has 1 amide bonds. The monoisotopic (exact) mass is 210 g/mol. The molecule has 1 unspecified atom stereocenters. The zero-order valence-electron chi connectivity index (χ0n) is 9.37. The van der Waals surface area contributed by atoms with Crippen LogP contribution in [0.5, 0.6) is 0 Å². The van der Waals surface area contributed by atoms with Crippen molar-refractivity contribution in [3.05, 3.63) is 18.0 Å². The second-order valence-electron chi connectivity index (χ2n) is 3.84. The van der Waals surface area contributed by atoms with Gasteiger partial charge in [0.25, 0.3) is 0 Å². The highest BCUT2D eigenvalue weighted by Crippen LogP contribution is 2.05. The van der Waals surface area contributed by atoms with Gasteiger partial charge in [0, 0.05) is 18.3 Å². The van der Waals surface area contributed by atoms with Gasteiger partial charge in [-0.25, -0.2) is 0 Å². The fourth-order valence-electron chi connectivity index (χ4n) is 1.24. The molecular weight excluding hydrogens is 192 g/mol. The third-order valence-electron chi connectivity index (χ3n) is 2.01. The Morgan fingerprint density at radius 3 is 2.80 bits per heavy atom. The van der Waals surface area contributed by atoms with Gasteiger partial charge in [-0.15, -0.1) is 0 Å². The van der Waals surface area contributed by atoms with Crippen LogP contribution in [-0.2, 0) is 4.79 Å². The summed E-state index contributed by atoms with van der Waals surface area (Å²) in [5, 5.41) is 12.6. The lowest BCUT2D eigenvalue weighted by Gasteiger charge is -2.13. The molecule has 1 aromatic rings. The van der Waals surface area contributed by atoms with Crippen molar-refractivity contribution in [2.75, 3.05) is 6.54 Å². The lowest BCUT2D eigenvalue weighted by Crippen LogP contribution is -2.38. The normalized spacial score (nSPS) is 12.8. The highest BCUT2D eigenvalue weighted by Gasteiger charge is 2.08. The van der Waals surface area contributed by atoms with Crippen LogP contribution in [0, 0.1) is 0 Å². The summed E-state index contributed by atoms with van der Waals surface area (Å²) in [5.41, 5.74) is 0.979. The second-order valence-corrected chi connectivity index (χ2v) is 3.84. The van der Waals surface area contributed by atoms with Crippen LogP contribution in [0.1, 0.15) is 32.5 Å². The molecule has 1 aromatic heterocycles. The minimum atomic E-state index is 0.0105. The van der Waals surface area contributed by atoms with Crippen molar-refractivity contribution >= 4 is 5.91 Å². The quantitative estimate of drug-likeness (QED) is 0.666. The van der Waals surface area contributed by atoms with E-state index in [1.54, 1.807) is 6.20 Å². The second kappa shape index (κ2) is 5.50. The van der Waals surface area contributed by atoms with E-state index in [2.05, 4.69) is 20.8 Å². The molecular formula is C10H18N4O. The first kappa shape index (κ1) is 11.7. The summed E-state index contributed by atoms with van der Waals surface area (Å²) >= 11 is 0. The maximum absolute atomic E-state index is 11.3. The zero-order chi connectivity index (χ0) is 11.3. The fourth-order valence-corrected chi connectivity index (χ4v) is 1.24. The van der Waals surface area contributed by atoms with Gasteiger partial charge in [0.15, 0.2) is 0 Å².